The maximum Gasteiger partial charge on any atom is 0.128 e. The van der Waals surface area contributed by atoms with Gasteiger partial charge < -0.3 is 14.4 Å². The van der Waals surface area contributed by atoms with Crippen LogP contribution in [0.5, 0.6) is 0 Å². The van der Waals surface area contributed by atoms with E-state index in [9.17, 15) is 0 Å². The van der Waals surface area contributed by atoms with Crippen LogP contribution in [0.2, 0.25) is 0 Å². The molecular weight excluding hydrogens is 695 g/mol. The number of hydrogen-bond donors (Lipinski definition) is 0. The van der Waals surface area contributed by atoms with E-state index in [1.165, 1.54) is 0 Å². The molecule has 211 valence electrons. The van der Waals surface area contributed by atoms with E-state index in [2.05, 4.69) is 27.1 Å². The van der Waals surface area contributed by atoms with E-state index < -0.39 is 18.6 Å². The molecule has 0 N–H and O–H groups in total. The summed E-state index contributed by atoms with van der Waals surface area (Å²) in [5.74, 6) is 0. The van der Waals surface area contributed by atoms with E-state index in [1.54, 1.807) is 42.9 Å². The summed E-state index contributed by atoms with van der Waals surface area (Å²) in [6.45, 7) is 3.28. The van der Waals surface area contributed by atoms with Gasteiger partial charge in [0.2, 0.25) is 0 Å². The fraction of sp³-hybridized carbons (Fsp3) is 0.162. The number of hydrogen-bond acceptors (Lipinski definition) is 4. The first-order chi connectivity index (χ1) is 21.8. The van der Waals surface area contributed by atoms with E-state index in [4.69, 9.17) is 11.3 Å². The molecule has 0 fully saturated rings. The molecule has 7 aromatic rings. The smallest absolute Gasteiger partial charge is 0.128 e. The largest absolute Gasteiger partial charge is 0.500 e. The Morgan fingerprint density at radius 2 is 1.62 bits per heavy atom. The van der Waals surface area contributed by atoms with Crippen molar-refractivity contribution in [1.82, 2.24) is 15.0 Å². The van der Waals surface area contributed by atoms with Crippen LogP contribution in [0.4, 0.5) is 0 Å². The van der Waals surface area contributed by atoms with Crippen molar-refractivity contribution >= 4 is 32.7 Å². The first-order valence-electron chi connectivity index (χ1n) is 15.9. The standard InChI is InChI=1S/C26H23N2O.C11H8N.Ir/c1-16-12-22-18(15-28-16)8-9-20-19-6-5-7-21(24(19)29-25(20)22)23-13-17(10-11-27-23)14-26(2,3)4;1-2-6-10(7-3-1)11-8-4-5-9-12-11;/h5-6,8-13,15H,14H2,1-4H3;1-6,8-9H;/q2*-1;/i1D3,14D2;;. The molecule has 5 heteroatoms. The van der Waals surface area contributed by atoms with Gasteiger partial charge in [0.05, 0.1) is 5.58 Å². The third-order valence-corrected chi connectivity index (χ3v) is 6.48. The Labute approximate surface area is 267 Å². The summed E-state index contributed by atoms with van der Waals surface area (Å²) in [7, 11) is 0. The normalized spacial score (nSPS) is 13.6. The molecule has 7 rings (SSSR count). The number of aryl methyl sites for hydroxylation is 1. The Hall–Kier alpha value is -4.18. The number of aromatic nitrogens is 3. The molecule has 0 saturated carbocycles. The molecule has 4 heterocycles. The van der Waals surface area contributed by atoms with Gasteiger partial charge in [-0.1, -0.05) is 67.6 Å². The summed E-state index contributed by atoms with van der Waals surface area (Å²) in [5.41, 5.74) is 4.28. The van der Waals surface area contributed by atoms with Crippen LogP contribution in [0.25, 0.3) is 55.2 Å². The molecule has 0 spiro atoms. The molecule has 0 amide bonds. The zero-order valence-corrected chi connectivity index (χ0v) is 25.8. The summed E-state index contributed by atoms with van der Waals surface area (Å²) in [5, 5.41) is 3.15. The maximum atomic E-state index is 8.64. The number of nitrogens with zero attached hydrogens (tertiary/aromatic N) is 3. The summed E-state index contributed by atoms with van der Waals surface area (Å²) < 4.78 is 46.8. The fourth-order valence-corrected chi connectivity index (χ4v) is 4.76. The first-order valence-corrected chi connectivity index (χ1v) is 13.4. The van der Waals surface area contributed by atoms with Crippen LogP contribution >= 0.6 is 0 Å². The van der Waals surface area contributed by atoms with Crippen molar-refractivity contribution in [3.63, 3.8) is 0 Å². The van der Waals surface area contributed by atoms with Crippen LogP contribution in [0, 0.1) is 24.4 Å². The SMILES string of the molecule is [2H]C([2H])([2H])c1cc2c(ccc3c4cc[c-]c(-c5cc(C([2H])([2H])C(C)(C)C)ccn5)c4oc23)cn1.[Ir].[c-]1ccccc1-c1ccccn1. The minimum absolute atomic E-state index is 0. The predicted molar refractivity (Wildman–Crippen MR) is 167 cm³/mol. The number of benzene rings is 3. The first kappa shape index (κ1) is 23.4. The van der Waals surface area contributed by atoms with Crippen molar-refractivity contribution in [2.45, 2.75) is 34.0 Å². The molecule has 0 atom stereocenters. The average Bonchev–Trinajstić information content (AvgIpc) is 3.44. The molecule has 0 saturated heterocycles. The van der Waals surface area contributed by atoms with Gasteiger partial charge >= 0.3 is 0 Å². The van der Waals surface area contributed by atoms with Crippen molar-refractivity contribution in [2.24, 2.45) is 5.41 Å². The van der Waals surface area contributed by atoms with E-state index in [0.717, 1.165) is 27.4 Å². The van der Waals surface area contributed by atoms with Crippen LogP contribution in [0.3, 0.4) is 0 Å². The predicted octanol–water partition coefficient (Wildman–Crippen LogP) is 9.44. The van der Waals surface area contributed by atoms with Crippen molar-refractivity contribution in [3.8, 4) is 22.5 Å². The average molecular weight is 731 g/mol. The Morgan fingerprint density at radius 1 is 0.786 bits per heavy atom. The quantitative estimate of drug-likeness (QED) is 0.170. The van der Waals surface area contributed by atoms with Crippen LogP contribution in [-0.2, 0) is 26.5 Å². The summed E-state index contributed by atoms with van der Waals surface area (Å²) in [6, 6.07) is 32.6. The van der Waals surface area contributed by atoms with Gasteiger partial charge in [-0.2, -0.15) is 0 Å². The zero-order chi connectivity index (χ0) is 32.7. The number of rotatable bonds is 3. The zero-order valence-electron chi connectivity index (χ0n) is 28.4. The van der Waals surface area contributed by atoms with E-state index in [0.29, 0.717) is 33.4 Å². The van der Waals surface area contributed by atoms with Crippen LogP contribution < -0.4 is 0 Å². The van der Waals surface area contributed by atoms with Gasteiger partial charge in [0.1, 0.15) is 5.58 Å². The van der Waals surface area contributed by atoms with E-state index in [-0.39, 0.29) is 25.8 Å². The second-order valence-corrected chi connectivity index (χ2v) is 10.7. The number of fused-ring (bicyclic) bond motifs is 5. The van der Waals surface area contributed by atoms with Crippen LogP contribution in [0.15, 0.2) is 108 Å². The van der Waals surface area contributed by atoms with Crippen LogP contribution in [-0.4, -0.2) is 15.0 Å². The van der Waals surface area contributed by atoms with Crippen LogP contribution in [0.1, 0.15) is 38.9 Å². The Kier molecular flexibility index (Phi) is 6.88. The van der Waals surface area contributed by atoms with Gasteiger partial charge in [-0.25, -0.2) is 0 Å². The Bertz CT molecular complexity index is 2120. The third-order valence-electron chi connectivity index (χ3n) is 6.48. The maximum absolute atomic E-state index is 8.64. The van der Waals surface area contributed by atoms with E-state index in [1.807, 2.05) is 81.4 Å². The molecule has 0 unspecified atom stereocenters. The molecule has 3 aromatic carbocycles. The molecule has 4 aromatic heterocycles. The minimum atomic E-state index is -2.32. The monoisotopic (exact) mass is 731 g/mol. The summed E-state index contributed by atoms with van der Waals surface area (Å²) >= 11 is 0. The molecule has 0 aliphatic heterocycles. The topological polar surface area (TPSA) is 51.8 Å². The number of pyridine rings is 3. The van der Waals surface area contributed by atoms with Crippen molar-refractivity contribution in [3.05, 3.63) is 127 Å². The molecule has 1 radical (unpaired) electrons. The fourth-order valence-electron chi connectivity index (χ4n) is 4.76. The van der Waals surface area contributed by atoms with Gasteiger partial charge in [-0.05, 0) is 48.2 Å². The summed E-state index contributed by atoms with van der Waals surface area (Å²) in [6.07, 6.45) is 3.38. The van der Waals surface area contributed by atoms with Gasteiger partial charge in [0.15, 0.2) is 0 Å². The van der Waals surface area contributed by atoms with Crippen molar-refractivity contribution in [2.75, 3.05) is 0 Å². The third kappa shape index (κ3) is 6.33. The second-order valence-electron chi connectivity index (χ2n) is 10.7. The van der Waals surface area contributed by atoms with Gasteiger partial charge in [-0.15, -0.1) is 54.1 Å². The molecule has 0 bridgehead atoms. The summed E-state index contributed by atoms with van der Waals surface area (Å²) in [4.78, 5) is 12.8. The van der Waals surface area contributed by atoms with Crippen molar-refractivity contribution in [1.29, 1.82) is 0 Å². The second kappa shape index (κ2) is 12.4. The molecule has 0 aliphatic rings. The van der Waals surface area contributed by atoms with E-state index >= 15 is 0 Å². The van der Waals surface area contributed by atoms with Gasteiger partial charge in [0.25, 0.3) is 0 Å². The molecule has 42 heavy (non-hydrogen) atoms. The van der Waals surface area contributed by atoms with Gasteiger partial charge in [0, 0.05) is 67.4 Å². The molecule has 4 nitrogen and oxygen atoms in total. The van der Waals surface area contributed by atoms with Crippen molar-refractivity contribution < 1.29 is 31.4 Å². The molecule has 0 aliphatic carbocycles. The Morgan fingerprint density at radius 3 is 2.38 bits per heavy atom. The number of furan rings is 1. The molecular formula is C37H31IrN3O-2. The Balaban J connectivity index is 0.000000280. The minimum Gasteiger partial charge on any atom is -0.500 e. The van der Waals surface area contributed by atoms with Gasteiger partial charge in [-0.3, -0.25) is 4.98 Å².